The van der Waals surface area contributed by atoms with Gasteiger partial charge in [-0.25, -0.2) is 0 Å². The van der Waals surface area contributed by atoms with Crippen LogP contribution in [0, 0.1) is 10.1 Å². The van der Waals surface area contributed by atoms with E-state index in [0.29, 0.717) is 18.8 Å². The van der Waals surface area contributed by atoms with E-state index in [0.717, 1.165) is 0 Å². The Morgan fingerprint density at radius 1 is 1.50 bits per heavy atom. The Morgan fingerprint density at radius 3 is 2.59 bits per heavy atom. The molecule has 0 atom stereocenters. The first-order chi connectivity index (χ1) is 10.1. The number of hydrogen-bond donors (Lipinski definition) is 2. The molecule has 1 rings (SSSR count). The first-order valence-electron chi connectivity index (χ1n) is 6.81. The molecule has 0 saturated heterocycles. The molecule has 7 nitrogen and oxygen atoms in total. The third-order valence-electron chi connectivity index (χ3n) is 2.86. The van der Waals surface area contributed by atoms with Crippen LogP contribution in [0.15, 0.2) is 18.2 Å². The molecule has 0 radical (unpaired) electrons. The molecule has 0 bridgehead atoms. The van der Waals surface area contributed by atoms with E-state index in [-0.39, 0.29) is 23.2 Å². The van der Waals surface area contributed by atoms with Gasteiger partial charge in [0.05, 0.1) is 27.8 Å². The number of aliphatic hydroxyl groups is 1. The van der Waals surface area contributed by atoms with Crippen LogP contribution in [0.3, 0.4) is 0 Å². The fraction of sp³-hybridized carbons (Fsp3) is 0.500. The normalized spacial score (nSPS) is 11.5. The predicted molar refractivity (Wildman–Crippen MR) is 85.1 cm³/mol. The van der Waals surface area contributed by atoms with Crippen molar-refractivity contribution in [3.8, 4) is 0 Å². The van der Waals surface area contributed by atoms with Crippen molar-refractivity contribution in [1.29, 1.82) is 0 Å². The Balaban J connectivity index is 2.70. The summed E-state index contributed by atoms with van der Waals surface area (Å²) in [5.41, 5.74) is -0.724. The third kappa shape index (κ3) is 5.97. The zero-order chi connectivity index (χ0) is 16.9. The van der Waals surface area contributed by atoms with Gasteiger partial charge >= 0.3 is 0 Å². The Hall–Kier alpha value is -1.70. The summed E-state index contributed by atoms with van der Waals surface area (Å²) < 4.78 is 0. The van der Waals surface area contributed by atoms with Gasteiger partial charge in [0.2, 0.25) is 5.91 Å². The number of carbonyl (C=O) groups is 1. The number of carbonyl (C=O) groups excluding carboxylic acids is 1. The zero-order valence-electron chi connectivity index (χ0n) is 12.8. The van der Waals surface area contributed by atoms with Crippen molar-refractivity contribution in [3.05, 3.63) is 33.3 Å². The molecule has 0 spiro atoms. The van der Waals surface area contributed by atoms with Crippen molar-refractivity contribution < 1.29 is 14.8 Å². The van der Waals surface area contributed by atoms with Crippen LogP contribution < -0.4 is 5.32 Å². The molecule has 0 saturated carbocycles. The maximum Gasteiger partial charge on any atom is 0.271 e. The second-order valence-corrected chi connectivity index (χ2v) is 5.99. The Bertz CT molecular complexity index is 558. The van der Waals surface area contributed by atoms with Crippen LogP contribution in [0.25, 0.3) is 0 Å². The minimum atomic E-state index is -0.901. The van der Waals surface area contributed by atoms with Gasteiger partial charge in [-0.2, -0.15) is 0 Å². The average Bonchev–Trinajstić information content (AvgIpc) is 2.38. The van der Waals surface area contributed by atoms with E-state index in [4.69, 9.17) is 11.6 Å². The standard InChI is InChI=1S/C14H20ClN3O4/c1-4-17(9-14(2,3)20)8-13(19)16-12-6-5-10(18(21)22)7-11(12)15/h5-7,20H,4,8-9H2,1-3H3,(H,16,19). The molecule has 8 heteroatoms. The van der Waals surface area contributed by atoms with Crippen LogP contribution in [0.2, 0.25) is 5.02 Å². The highest BCUT2D eigenvalue weighted by atomic mass is 35.5. The van der Waals surface area contributed by atoms with Gasteiger partial charge in [-0.05, 0) is 26.5 Å². The number of nitro benzene ring substituents is 1. The van der Waals surface area contributed by atoms with Crippen molar-refractivity contribution in [2.45, 2.75) is 26.4 Å². The van der Waals surface area contributed by atoms with Gasteiger partial charge in [0.1, 0.15) is 0 Å². The number of amides is 1. The molecule has 1 amide bonds. The molecule has 0 aliphatic carbocycles. The minimum absolute atomic E-state index is 0.0911. The van der Waals surface area contributed by atoms with Crippen LogP contribution in [-0.2, 0) is 4.79 Å². The molecule has 0 fully saturated rings. The maximum absolute atomic E-state index is 12.0. The number of nitro groups is 1. The lowest BCUT2D eigenvalue weighted by atomic mass is 10.1. The number of nitrogens with one attached hydrogen (secondary N) is 1. The first kappa shape index (κ1) is 18.3. The van der Waals surface area contributed by atoms with Crippen molar-refractivity contribution in [2.24, 2.45) is 0 Å². The van der Waals surface area contributed by atoms with Crippen molar-refractivity contribution >= 4 is 28.9 Å². The summed E-state index contributed by atoms with van der Waals surface area (Å²) in [6.07, 6.45) is 0. The molecular formula is C14H20ClN3O4. The largest absolute Gasteiger partial charge is 0.389 e. The highest BCUT2D eigenvalue weighted by Crippen LogP contribution is 2.26. The van der Waals surface area contributed by atoms with E-state index in [2.05, 4.69) is 5.32 Å². The summed E-state index contributed by atoms with van der Waals surface area (Å²) in [7, 11) is 0. The number of benzene rings is 1. The SMILES string of the molecule is CCN(CC(=O)Nc1ccc([N+](=O)[O-])cc1Cl)CC(C)(C)O. The highest BCUT2D eigenvalue weighted by Gasteiger charge is 2.19. The van der Waals surface area contributed by atoms with E-state index in [1.807, 2.05) is 6.92 Å². The second kappa shape index (κ2) is 7.53. The molecule has 0 aliphatic heterocycles. The molecule has 1 aromatic rings. The van der Waals surface area contributed by atoms with Crippen molar-refractivity contribution in [1.82, 2.24) is 4.90 Å². The molecule has 0 aromatic heterocycles. The molecule has 2 N–H and O–H groups in total. The fourth-order valence-corrected chi connectivity index (χ4v) is 2.16. The van der Waals surface area contributed by atoms with E-state index < -0.39 is 10.5 Å². The van der Waals surface area contributed by atoms with Crippen LogP contribution >= 0.6 is 11.6 Å². The molecule has 1 aromatic carbocycles. The summed E-state index contributed by atoms with van der Waals surface area (Å²) in [4.78, 5) is 23.9. The molecule has 0 aliphatic rings. The summed E-state index contributed by atoms with van der Waals surface area (Å²) >= 11 is 5.92. The van der Waals surface area contributed by atoms with Crippen LogP contribution in [0.1, 0.15) is 20.8 Å². The fourth-order valence-electron chi connectivity index (χ4n) is 1.94. The van der Waals surface area contributed by atoms with E-state index in [1.165, 1.54) is 18.2 Å². The molecule has 22 heavy (non-hydrogen) atoms. The second-order valence-electron chi connectivity index (χ2n) is 5.59. The van der Waals surface area contributed by atoms with Crippen LogP contribution in [-0.4, -0.2) is 46.1 Å². The summed E-state index contributed by atoms with van der Waals surface area (Å²) in [6.45, 7) is 6.27. The van der Waals surface area contributed by atoms with Gasteiger partial charge in [-0.15, -0.1) is 0 Å². The smallest absolute Gasteiger partial charge is 0.271 e. The Labute approximate surface area is 134 Å². The average molecular weight is 330 g/mol. The summed E-state index contributed by atoms with van der Waals surface area (Å²) in [5, 5.41) is 23.1. The van der Waals surface area contributed by atoms with Gasteiger partial charge in [0.25, 0.3) is 5.69 Å². The molecule has 0 heterocycles. The van der Waals surface area contributed by atoms with Gasteiger partial charge in [-0.1, -0.05) is 18.5 Å². The number of non-ortho nitro benzene ring substituents is 1. The lowest BCUT2D eigenvalue weighted by Gasteiger charge is -2.27. The van der Waals surface area contributed by atoms with Gasteiger partial charge in [0.15, 0.2) is 0 Å². The van der Waals surface area contributed by atoms with Crippen LogP contribution in [0.4, 0.5) is 11.4 Å². The molecule has 122 valence electrons. The lowest BCUT2D eigenvalue weighted by molar-refractivity contribution is -0.384. The van der Waals surface area contributed by atoms with Gasteiger partial charge in [0, 0.05) is 18.7 Å². The van der Waals surface area contributed by atoms with E-state index >= 15 is 0 Å². The topological polar surface area (TPSA) is 95.7 Å². The number of likely N-dealkylation sites (N-methyl/N-ethyl adjacent to an activating group) is 1. The molecule has 0 unspecified atom stereocenters. The number of rotatable bonds is 7. The summed E-state index contributed by atoms with van der Waals surface area (Å²) in [6, 6.07) is 3.85. The number of anilines is 1. The minimum Gasteiger partial charge on any atom is -0.389 e. The predicted octanol–water partition coefficient (Wildman–Crippen LogP) is 2.28. The molecular weight excluding hydrogens is 310 g/mol. The van der Waals surface area contributed by atoms with Crippen molar-refractivity contribution in [3.63, 3.8) is 0 Å². The number of hydrogen-bond acceptors (Lipinski definition) is 5. The highest BCUT2D eigenvalue weighted by molar-refractivity contribution is 6.34. The van der Waals surface area contributed by atoms with E-state index in [9.17, 15) is 20.0 Å². The number of nitrogens with zero attached hydrogens (tertiary/aromatic N) is 2. The first-order valence-corrected chi connectivity index (χ1v) is 7.18. The Kier molecular flexibility index (Phi) is 6.28. The van der Waals surface area contributed by atoms with E-state index in [1.54, 1.807) is 18.7 Å². The van der Waals surface area contributed by atoms with Crippen LogP contribution in [0.5, 0.6) is 0 Å². The Morgan fingerprint density at radius 2 is 2.14 bits per heavy atom. The maximum atomic E-state index is 12.0. The van der Waals surface area contributed by atoms with Gasteiger partial charge < -0.3 is 10.4 Å². The van der Waals surface area contributed by atoms with Crippen molar-refractivity contribution in [2.75, 3.05) is 25.0 Å². The van der Waals surface area contributed by atoms with Gasteiger partial charge in [-0.3, -0.25) is 19.8 Å². The number of halogens is 1. The zero-order valence-corrected chi connectivity index (χ0v) is 13.6. The summed E-state index contributed by atoms with van der Waals surface area (Å²) in [5.74, 6) is -0.304. The quantitative estimate of drug-likeness (QED) is 0.591. The lowest BCUT2D eigenvalue weighted by Crippen LogP contribution is -2.42. The third-order valence-corrected chi connectivity index (χ3v) is 3.18. The monoisotopic (exact) mass is 329 g/mol.